The molecule has 0 radical (unpaired) electrons. The maximum atomic E-state index is 15.1. The zero-order valence-electron chi connectivity index (χ0n) is 19.7. The summed E-state index contributed by atoms with van der Waals surface area (Å²) in [4.78, 5) is 20.4. The third-order valence-electron chi connectivity index (χ3n) is 7.00. The molecule has 178 valence electrons. The molecular weight excluding hydrogens is 440 g/mol. The third-order valence-corrected chi connectivity index (χ3v) is 7.00. The fourth-order valence-electron chi connectivity index (χ4n) is 4.15. The van der Waals surface area contributed by atoms with E-state index in [-0.39, 0.29) is 11.8 Å². The first-order valence-electron chi connectivity index (χ1n) is 11.4. The lowest BCUT2D eigenvalue weighted by Crippen LogP contribution is -2.41. The summed E-state index contributed by atoms with van der Waals surface area (Å²) in [5, 5.41) is 9.35. The van der Waals surface area contributed by atoms with Crippen LogP contribution in [0.2, 0.25) is 0 Å². The van der Waals surface area contributed by atoms with Crippen molar-refractivity contribution in [2.75, 3.05) is 6.61 Å². The minimum Gasteiger partial charge on any atom is -0.477 e. The van der Waals surface area contributed by atoms with E-state index in [0.29, 0.717) is 42.0 Å². The Balaban J connectivity index is 1.45. The van der Waals surface area contributed by atoms with E-state index >= 15 is 4.39 Å². The molecule has 1 atom stereocenters. The third kappa shape index (κ3) is 3.99. The molecule has 34 heavy (non-hydrogen) atoms. The van der Waals surface area contributed by atoms with Crippen molar-refractivity contribution in [3.8, 4) is 0 Å². The minimum atomic E-state index is -1.10. The normalized spacial score (nSPS) is 21.1. The molecule has 2 saturated heterocycles. The molecule has 1 aromatic carbocycles. The molecule has 0 unspecified atom stereocenters. The van der Waals surface area contributed by atoms with Gasteiger partial charge in [0.05, 0.1) is 23.9 Å². The molecule has 2 aromatic heterocycles. The molecule has 5 rings (SSSR count). The van der Waals surface area contributed by atoms with Crippen LogP contribution >= 0.6 is 0 Å². The molecule has 8 nitrogen and oxygen atoms in total. The van der Waals surface area contributed by atoms with Crippen molar-refractivity contribution in [3.05, 3.63) is 53.2 Å². The van der Waals surface area contributed by atoms with Crippen molar-refractivity contribution in [2.24, 2.45) is 0 Å². The predicted molar refractivity (Wildman–Crippen MR) is 124 cm³/mol. The number of benzene rings is 1. The average Bonchev–Trinajstić information content (AvgIpc) is 3.16. The van der Waals surface area contributed by atoms with Gasteiger partial charge in [-0.25, -0.2) is 19.2 Å². The summed E-state index contributed by atoms with van der Waals surface area (Å²) < 4.78 is 34.6. The van der Waals surface area contributed by atoms with E-state index in [1.807, 2.05) is 38.3 Å². The van der Waals surface area contributed by atoms with Crippen molar-refractivity contribution in [2.45, 2.75) is 64.4 Å². The molecule has 4 heterocycles. The van der Waals surface area contributed by atoms with E-state index < -0.39 is 30.1 Å². The number of fused-ring (bicyclic) bond motifs is 1. The summed E-state index contributed by atoms with van der Waals surface area (Å²) in [7, 11) is -0.780. The Labute approximate surface area is 197 Å². The number of aromatic carboxylic acids is 1. The van der Waals surface area contributed by atoms with Crippen LogP contribution in [0.4, 0.5) is 4.39 Å². The lowest BCUT2D eigenvalue weighted by Gasteiger charge is -2.32. The molecule has 0 amide bonds. The average molecular weight is 467 g/mol. The number of carboxylic acid groups (broad SMARTS) is 1. The first-order valence-corrected chi connectivity index (χ1v) is 11.4. The summed E-state index contributed by atoms with van der Waals surface area (Å²) in [6.07, 6.45) is 1.29. The SMILES string of the molecule is CC1(C)OB(c2ccc(Cc3nc4ccc(C(=O)O)nc4n3C[C@@H]3CCO3)cc2F)OC1(C)C. The Hall–Kier alpha value is -2.82. The van der Waals surface area contributed by atoms with Gasteiger partial charge in [0.25, 0.3) is 0 Å². The molecule has 2 aliphatic heterocycles. The number of rotatable bonds is 6. The van der Waals surface area contributed by atoms with E-state index in [1.165, 1.54) is 12.1 Å². The number of ether oxygens (including phenoxy) is 1. The van der Waals surface area contributed by atoms with Gasteiger partial charge in [0.15, 0.2) is 11.3 Å². The lowest BCUT2D eigenvalue weighted by atomic mass is 9.78. The van der Waals surface area contributed by atoms with E-state index in [0.717, 1.165) is 12.0 Å². The Kier molecular flexibility index (Phi) is 5.50. The van der Waals surface area contributed by atoms with E-state index in [9.17, 15) is 9.90 Å². The molecule has 10 heteroatoms. The second-order valence-corrected chi connectivity index (χ2v) is 9.89. The van der Waals surface area contributed by atoms with E-state index in [1.54, 1.807) is 12.1 Å². The van der Waals surface area contributed by atoms with E-state index in [2.05, 4.69) is 9.97 Å². The fraction of sp³-hybridized carbons (Fsp3) is 0.458. The number of carboxylic acids is 1. The molecule has 0 aliphatic carbocycles. The second-order valence-electron chi connectivity index (χ2n) is 9.89. The van der Waals surface area contributed by atoms with Crippen LogP contribution in [0, 0.1) is 5.82 Å². The van der Waals surface area contributed by atoms with Crippen molar-refractivity contribution >= 4 is 29.7 Å². The number of imidazole rings is 1. The highest BCUT2D eigenvalue weighted by Gasteiger charge is 2.52. The topological polar surface area (TPSA) is 95.7 Å². The molecular formula is C24H27BFN3O5. The lowest BCUT2D eigenvalue weighted by molar-refractivity contribution is -0.0590. The Bertz CT molecular complexity index is 1250. The number of carbonyl (C=O) groups is 1. The first-order chi connectivity index (χ1) is 16.0. The molecule has 1 N–H and O–H groups in total. The summed E-state index contributed by atoms with van der Waals surface area (Å²) in [6.45, 7) is 8.93. The van der Waals surface area contributed by atoms with Gasteiger partial charge in [-0.05, 0) is 57.9 Å². The zero-order chi connectivity index (χ0) is 24.3. The van der Waals surface area contributed by atoms with Crippen molar-refractivity contribution in [1.82, 2.24) is 14.5 Å². The van der Waals surface area contributed by atoms with Gasteiger partial charge in [0.2, 0.25) is 0 Å². The predicted octanol–water partition coefficient (Wildman–Crippen LogP) is 2.95. The summed E-state index contributed by atoms with van der Waals surface area (Å²) in [6, 6.07) is 8.08. The molecule has 3 aromatic rings. The van der Waals surface area contributed by atoms with Gasteiger partial charge < -0.3 is 23.7 Å². The summed E-state index contributed by atoms with van der Waals surface area (Å²) >= 11 is 0. The van der Waals surface area contributed by atoms with Gasteiger partial charge in [-0.1, -0.05) is 12.1 Å². The highest BCUT2D eigenvalue weighted by molar-refractivity contribution is 6.62. The van der Waals surface area contributed by atoms with Gasteiger partial charge in [-0.3, -0.25) is 0 Å². The van der Waals surface area contributed by atoms with Crippen LogP contribution in [0.5, 0.6) is 0 Å². The smallest absolute Gasteiger partial charge is 0.477 e. The maximum Gasteiger partial charge on any atom is 0.497 e. The van der Waals surface area contributed by atoms with Gasteiger partial charge >= 0.3 is 13.1 Å². The fourth-order valence-corrected chi connectivity index (χ4v) is 4.15. The van der Waals surface area contributed by atoms with Crippen molar-refractivity contribution in [1.29, 1.82) is 0 Å². The van der Waals surface area contributed by atoms with Crippen LogP contribution < -0.4 is 5.46 Å². The number of hydrogen-bond donors (Lipinski definition) is 1. The first kappa shape index (κ1) is 23.0. The van der Waals surface area contributed by atoms with Crippen LogP contribution in [0.3, 0.4) is 0 Å². The number of aromatic nitrogens is 3. The molecule has 0 bridgehead atoms. The number of nitrogens with zero attached hydrogens (tertiary/aromatic N) is 3. The molecule has 0 spiro atoms. The maximum absolute atomic E-state index is 15.1. The highest BCUT2D eigenvalue weighted by Crippen LogP contribution is 2.36. The number of pyridine rings is 1. The summed E-state index contributed by atoms with van der Waals surface area (Å²) in [5.74, 6) is -0.841. The van der Waals surface area contributed by atoms with Gasteiger partial charge in [-0.15, -0.1) is 0 Å². The monoisotopic (exact) mass is 467 g/mol. The standard InChI is InChI=1S/C24H27BFN3O5/c1-23(2)24(3,4)34-25(33-23)16-6-5-14(11-17(16)26)12-20-27-18-7-8-19(22(30)31)28-21(18)29(20)13-15-9-10-32-15/h5-8,11,15H,9-10,12-13H2,1-4H3,(H,30,31)/t15-/m0/s1. The van der Waals surface area contributed by atoms with Crippen molar-refractivity contribution in [3.63, 3.8) is 0 Å². The number of hydrogen-bond acceptors (Lipinski definition) is 6. The molecule has 0 saturated carbocycles. The van der Waals surface area contributed by atoms with Crippen LogP contribution in [-0.4, -0.2) is 56.6 Å². The summed E-state index contributed by atoms with van der Waals surface area (Å²) in [5.41, 5.74) is 0.993. The Morgan fingerprint density at radius 1 is 1.18 bits per heavy atom. The molecule has 2 fully saturated rings. The van der Waals surface area contributed by atoms with Crippen LogP contribution in [0.15, 0.2) is 30.3 Å². The van der Waals surface area contributed by atoms with Gasteiger partial charge in [0, 0.05) is 18.5 Å². The number of halogens is 1. The zero-order valence-corrected chi connectivity index (χ0v) is 19.7. The van der Waals surface area contributed by atoms with Crippen molar-refractivity contribution < 1.29 is 28.3 Å². The Morgan fingerprint density at radius 2 is 1.88 bits per heavy atom. The quantitative estimate of drug-likeness (QED) is 0.557. The Morgan fingerprint density at radius 3 is 2.47 bits per heavy atom. The van der Waals surface area contributed by atoms with Crippen LogP contribution in [-0.2, 0) is 27.0 Å². The molecule has 2 aliphatic rings. The van der Waals surface area contributed by atoms with Crippen LogP contribution in [0.25, 0.3) is 11.2 Å². The minimum absolute atomic E-state index is 0.0221. The van der Waals surface area contributed by atoms with Crippen LogP contribution in [0.1, 0.15) is 56.0 Å². The van der Waals surface area contributed by atoms with Gasteiger partial charge in [0.1, 0.15) is 17.2 Å². The second kappa shape index (κ2) is 8.14. The van der Waals surface area contributed by atoms with Gasteiger partial charge in [-0.2, -0.15) is 0 Å². The largest absolute Gasteiger partial charge is 0.497 e. The highest BCUT2D eigenvalue weighted by atomic mass is 19.1. The van der Waals surface area contributed by atoms with E-state index in [4.69, 9.17) is 14.0 Å².